The third-order valence-electron chi connectivity index (χ3n) is 3.42. The van der Waals surface area contributed by atoms with Crippen LogP contribution < -0.4 is 5.32 Å². The molecule has 0 saturated heterocycles. The molecule has 0 amide bonds. The van der Waals surface area contributed by atoms with Crippen molar-refractivity contribution in [3.63, 3.8) is 0 Å². The highest BCUT2D eigenvalue weighted by Crippen LogP contribution is 2.20. The van der Waals surface area contributed by atoms with E-state index in [2.05, 4.69) is 39.4 Å². The predicted octanol–water partition coefficient (Wildman–Crippen LogP) is 2.53. The van der Waals surface area contributed by atoms with Crippen molar-refractivity contribution in [2.45, 2.75) is 12.5 Å². The van der Waals surface area contributed by atoms with Crippen LogP contribution in [0.2, 0.25) is 0 Å². The summed E-state index contributed by atoms with van der Waals surface area (Å²) >= 11 is 1.62. The molecule has 2 heterocycles. The molecule has 1 atom stereocenters. The first-order valence-corrected chi connectivity index (χ1v) is 7.19. The largest absolute Gasteiger partial charge is 0.331 e. The van der Waals surface area contributed by atoms with Gasteiger partial charge >= 0.3 is 0 Å². The lowest BCUT2D eigenvalue weighted by Gasteiger charge is -2.13. The number of hydrogen-bond acceptors (Lipinski definition) is 4. The fourth-order valence-electron chi connectivity index (χ4n) is 2.31. The van der Waals surface area contributed by atoms with Crippen molar-refractivity contribution in [2.75, 3.05) is 7.05 Å². The number of nitrogens with zero attached hydrogens (tertiary/aromatic N) is 3. The van der Waals surface area contributed by atoms with Crippen LogP contribution in [0.5, 0.6) is 0 Å². The molecule has 1 aromatic carbocycles. The van der Waals surface area contributed by atoms with Gasteiger partial charge in [-0.3, -0.25) is 0 Å². The molecule has 0 spiro atoms. The monoisotopic (exact) mass is 272 g/mol. The fraction of sp³-hybridized carbons (Fsp3) is 0.286. The van der Waals surface area contributed by atoms with Crippen LogP contribution in [0.25, 0.3) is 11.0 Å². The van der Waals surface area contributed by atoms with Crippen molar-refractivity contribution in [3.8, 4) is 0 Å². The average Bonchev–Trinajstić information content (AvgIpc) is 3.06. The van der Waals surface area contributed by atoms with Gasteiger partial charge in [0.1, 0.15) is 5.82 Å². The molecule has 0 aliphatic carbocycles. The topological polar surface area (TPSA) is 42.7 Å². The number of hydrogen-bond donors (Lipinski definition) is 1. The van der Waals surface area contributed by atoms with Crippen molar-refractivity contribution >= 4 is 22.4 Å². The Morgan fingerprint density at radius 1 is 1.37 bits per heavy atom. The summed E-state index contributed by atoms with van der Waals surface area (Å²) < 4.78 is 2.16. The number of benzene rings is 1. The lowest BCUT2D eigenvalue weighted by atomic mass is 10.1. The normalized spacial score (nSPS) is 12.9. The molecule has 3 aromatic rings. The maximum absolute atomic E-state index is 4.71. The Bertz CT molecular complexity index is 672. The van der Waals surface area contributed by atoms with Gasteiger partial charge < -0.3 is 9.88 Å². The number of likely N-dealkylation sites (N-methyl/N-ethyl adjacent to an activating group) is 1. The highest BCUT2D eigenvalue weighted by Gasteiger charge is 2.16. The van der Waals surface area contributed by atoms with Crippen LogP contribution in [0.4, 0.5) is 0 Å². The summed E-state index contributed by atoms with van der Waals surface area (Å²) in [5, 5.41) is 5.40. The van der Waals surface area contributed by atoms with Crippen LogP contribution >= 0.6 is 11.3 Å². The third kappa shape index (κ3) is 2.27. The molecule has 0 fully saturated rings. The van der Waals surface area contributed by atoms with E-state index in [4.69, 9.17) is 4.98 Å². The van der Waals surface area contributed by atoms with E-state index < -0.39 is 0 Å². The minimum atomic E-state index is 0.210. The van der Waals surface area contributed by atoms with Gasteiger partial charge in [0, 0.05) is 18.8 Å². The van der Waals surface area contributed by atoms with Gasteiger partial charge in [-0.1, -0.05) is 12.1 Å². The summed E-state index contributed by atoms with van der Waals surface area (Å²) in [4.78, 5) is 9.09. The number of thiazole rings is 1. The number of aromatic nitrogens is 3. The minimum absolute atomic E-state index is 0.210. The van der Waals surface area contributed by atoms with E-state index in [1.54, 1.807) is 11.3 Å². The van der Waals surface area contributed by atoms with E-state index in [-0.39, 0.29) is 6.04 Å². The van der Waals surface area contributed by atoms with Gasteiger partial charge in [0.05, 0.1) is 28.3 Å². The molecule has 4 nitrogen and oxygen atoms in total. The SMILES string of the molecule is CNC(Cc1nc2ccccc2n1C)c1cscn1. The van der Waals surface area contributed by atoms with Gasteiger partial charge in [-0.15, -0.1) is 11.3 Å². The van der Waals surface area contributed by atoms with Gasteiger partial charge in [0.15, 0.2) is 0 Å². The van der Waals surface area contributed by atoms with Crippen molar-refractivity contribution in [3.05, 3.63) is 46.7 Å². The molecule has 3 rings (SSSR count). The van der Waals surface area contributed by atoms with Crippen molar-refractivity contribution < 1.29 is 0 Å². The van der Waals surface area contributed by atoms with Gasteiger partial charge in [-0.05, 0) is 19.2 Å². The Balaban J connectivity index is 1.94. The molecule has 1 N–H and O–H groups in total. The third-order valence-corrected chi connectivity index (χ3v) is 4.03. The predicted molar refractivity (Wildman–Crippen MR) is 78.3 cm³/mol. The van der Waals surface area contributed by atoms with Crippen LogP contribution in [0.15, 0.2) is 35.2 Å². The minimum Gasteiger partial charge on any atom is -0.331 e. The average molecular weight is 272 g/mol. The van der Waals surface area contributed by atoms with Gasteiger partial charge in [-0.2, -0.15) is 0 Å². The zero-order valence-corrected chi connectivity index (χ0v) is 11.8. The Morgan fingerprint density at radius 3 is 2.89 bits per heavy atom. The Hall–Kier alpha value is -1.72. The highest BCUT2D eigenvalue weighted by molar-refractivity contribution is 7.07. The number of aryl methyl sites for hydroxylation is 1. The molecule has 0 radical (unpaired) electrons. The van der Waals surface area contributed by atoms with Crippen molar-refractivity contribution in [2.24, 2.45) is 7.05 Å². The second-order valence-corrected chi connectivity index (χ2v) is 5.25. The maximum Gasteiger partial charge on any atom is 0.111 e. The van der Waals surface area contributed by atoms with Gasteiger partial charge in [-0.25, -0.2) is 9.97 Å². The summed E-state index contributed by atoms with van der Waals surface area (Å²) in [6, 6.07) is 8.43. The molecule has 19 heavy (non-hydrogen) atoms. The molecule has 5 heteroatoms. The Labute approximate surface area is 116 Å². The number of para-hydroxylation sites is 2. The second kappa shape index (κ2) is 5.11. The zero-order valence-electron chi connectivity index (χ0n) is 11.0. The second-order valence-electron chi connectivity index (χ2n) is 4.53. The molecule has 0 bridgehead atoms. The summed E-state index contributed by atoms with van der Waals surface area (Å²) in [5.74, 6) is 1.08. The van der Waals surface area contributed by atoms with E-state index in [1.807, 2.05) is 24.7 Å². The van der Waals surface area contributed by atoms with E-state index in [9.17, 15) is 0 Å². The Kier molecular flexibility index (Phi) is 3.31. The van der Waals surface area contributed by atoms with Crippen molar-refractivity contribution in [1.82, 2.24) is 19.9 Å². The smallest absolute Gasteiger partial charge is 0.111 e. The Morgan fingerprint density at radius 2 is 2.21 bits per heavy atom. The van der Waals surface area contributed by atoms with Crippen LogP contribution in [-0.2, 0) is 13.5 Å². The van der Waals surface area contributed by atoms with Gasteiger partial charge in [0.2, 0.25) is 0 Å². The fourth-order valence-corrected chi connectivity index (χ4v) is 2.92. The number of rotatable bonds is 4. The first-order valence-electron chi connectivity index (χ1n) is 6.25. The van der Waals surface area contributed by atoms with Crippen LogP contribution in [0, 0.1) is 0 Å². The number of fused-ring (bicyclic) bond motifs is 1. The summed E-state index contributed by atoms with van der Waals surface area (Å²) in [6.07, 6.45) is 0.839. The standard InChI is InChI=1S/C14H16N4S/c1-15-11(12-8-19-9-16-12)7-14-17-10-5-3-4-6-13(10)18(14)2/h3-6,8-9,11,15H,7H2,1-2H3. The van der Waals surface area contributed by atoms with Crippen LogP contribution in [0.3, 0.4) is 0 Å². The number of nitrogens with one attached hydrogen (secondary N) is 1. The summed E-state index contributed by atoms with van der Waals surface area (Å²) in [5.41, 5.74) is 5.17. The lowest BCUT2D eigenvalue weighted by Crippen LogP contribution is -2.20. The first-order chi connectivity index (χ1) is 9.29. The van der Waals surface area contributed by atoms with E-state index >= 15 is 0 Å². The molecule has 0 aliphatic rings. The molecule has 2 aromatic heterocycles. The highest BCUT2D eigenvalue weighted by atomic mass is 32.1. The van der Waals surface area contributed by atoms with Crippen LogP contribution in [-0.4, -0.2) is 21.6 Å². The van der Waals surface area contributed by atoms with Crippen molar-refractivity contribution in [1.29, 1.82) is 0 Å². The maximum atomic E-state index is 4.71. The molecular formula is C14H16N4S. The number of imidazole rings is 1. The first kappa shape index (κ1) is 12.3. The molecule has 98 valence electrons. The summed E-state index contributed by atoms with van der Waals surface area (Å²) in [7, 11) is 4.03. The molecular weight excluding hydrogens is 256 g/mol. The quantitative estimate of drug-likeness (QED) is 0.793. The molecule has 0 aliphatic heterocycles. The van der Waals surface area contributed by atoms with E-state index in [0.29, 0.717) is 0 Å². The molecule has 0 saturated carbocycles. The van der Waals surface area contributed by atoms with Crippen LogP contribution in [0.1, 0.15) is 17.6 Å². The molecule has 1 unspecified atom stereocenters. The zero-order chi connectivity index (χ0) is 13.2. The van der Waals surface area contributed by atoms with Gasteiger partial charge in [0.25, 0.3) is 0 Å². The van der Waals surface area contributed by atoms with E-state index in [0.717, 1.165) is 23.5 Å². The summed E-state index contributed by atoms with van der Waals surface area (Å²) in [6.45, 7) is 0. The van der Waals surface area contributed by atoms with E-state index in [1.165, 1.54) is 5.52 Å². The lowest BCUT2D eigenvalue weighted by molar-refractivity contribution is 0.555.